The zero-order valence-electron chi connectivity index (χ0n) is 15.6. The molecule has 6 heteroatoms. The molecule has 4 rings (SSSR count). The van der Waals surface area contributed by atoms with E-state index in [4.69, 9.17) is 0 Å². The molecule has 4 aromatic rings. The third-order valence-electron chi connectivity index (χ3n) is 5.01. The predicted molar refractivity (Wildman–Crippen MR) is 110 cm³/mol. The Hall–Kier alpha value is -4.11. The first-order valence-electron chi connectivity index (χ1n) is 9.03. The highest BCUT2D eigenvalue weighted by molar-refractivity contribution is 6.01. The van der Waals surface area contributed by atoms with Crippen molar-refractivity contribution in [1.29, 1.82) is 5.26 Å². The monoisotopic (exact) mass is 383 g/mol. The third kappa shape index (κ3) is 3.19. The number of carboxylic acids is 1. The van der Waals surface area contributed by atoms with Crippen molar-refractivity contribution in [1.82, 2.24) is 9.55 Å². The number of nitrogens with zero attached hydrogens (tertiary/aromatic N) is 2. The molecule has 0 radical (unpaired) electrons. The lowest BCUT2D eigenvalue weighted by Gasteiger charge is -2.09. The number of rotatable bonds is 4. The zero-order chi connectivity index (χ0) is 20.5. The lowest BCUT2D eigenvalue weighted by Crippen LogP contribution is -2.17. The van der Waals surface area contributed by atoms with Crippen molar-refractivity contribution in [2.24, 2.45) is 0 Å². The van der Waals surface area contributed by atoms with Crippen molar-refractivity contribution in [3.8, 4) is 17.2 Å². The summed E-state index contributed by atoms with van der Waals surface area (Å²) in [5, 5.41) is 18.7. The molecule has 29 heavy (non-hydrogen) atoms. The van der Waals surface area contributed by atoms with Crippen molar-refractivity contribution < 1.29 is 9.90 Å². The molecule has 2 N–H and O–H groups in total. The van der Waals surface area contributed by atoms with Gasteiger partial charge in [0, 0.05) is 0 Å². The van der Waals surface area contributed by atoms with Gasteiger partial charge in [-0.2, -0.15) is 5.26 Å². The van der Waals surface area contributed by atoms with E-state index in [9.17, 15) is 20.0 Å². The maximum Gasteiger partial charge on any atom is 0.337 e. The zero-order valence-corrected chi connectivity index (χ0v) is 15.6. The Balaban J connectivity index is 1.74. The first-order valence-corrected chi connectivity index (χ1v) is 9.03. The molecule has 0 saturated heterocycles. The Morgan fingerprint density at radius 1 is 1.10 bits per heavy atom. The summed E-state index contributed by atoms with van der Waals surface area (Å²) in [5.74, 6) is -1.08. The number of fused-ring (bicyclic) bond motifs is 1. The molecule has 1 aromatic heterocycles. The maximum absolute atomic E-state index is 12.5. The fraction of sp³-hybridized carbons (Fsp3) is 0.0870. The minimum absolute atomic E-state index is 0.0740. The first-order chi connectivity index (χ1) is 14.0. The summed E-state index contributed by atoms with van der Waals surface area (Å²) < 4.78 is 1.55. The highest BCUT2D eigenvalue weighted by atomic mass is 16.4. The minimum Gasteiger partial charge on any atom is -0.478 e. The second kappa shape index (κ2) is 7.13. The summed E-state index contributed by atoms with van der Waals surface area (Å²) in [4.78, 5) is 26.7. The Morgan fingerprint density at radius 3 is 2.52 bits per heavy atom. The predicted octanol–water partition coefficient (Wildman–Crippen LogP) is 3.92. The number of nitrogens with one attached hydrogen (secondary N) is 1. The van der Waals surface area contributed by atoms with Crippen LogP contribution in [0.15, 0.2) is 65.5 Å². The number of carbonyl (C=O) groups is 1. The molecule has 6 nitrogen and oxygen atoms in total. The number of aryl methyl sites for hydroxylation is 1. The lowest BCUT2D eigenvalue weighted by molar-refractivity contribution is 0.0699. The molecule has 0 unspecified atom stereocenters. The van der Waals surface area contributed by atoms with Gasteiger partial charge in [0.2, 0.25) is 0 Å². The van der Waals surface area contributed by atoms with Crippen LogP contribution in [-0.4, -0.2) is 20.6 Å². The number of aromatic carboxylic acids is 1. The van der Waals surface area contributed by atoms with Crippen LogP contribution in [0.2, 0.25) is 0 Å². The molecular weight excluding hydrogens is 366 g/mol. The van der Waals surface area contributed by atoms with Gasteiger partial charge in [0.25, 0.3) is 0 Å². The fourth-order valence-corrected chi connectivity index (χ4v) is 3.58. The number of aromatic nitrogens is 2. The normalized spacial score (nSPS) is 10.8. The average molecular weight is 383 g/mol. The number of hydrogen-bond acceptors (Lipinski definition) is 3. The Labute approximate surface area is 166 Å². The van der Waals surface area contributed by atoms with Crippen LogP contribution in [0, 0.1) is 18.3 Å². The summed E-state index contributed by atoms with van der Waals surface area (Å²) in [5.41, 5.74) is 4.74. The third-order valence-corrected chi connectivity index (χ3v) is 5.01. The van der Waals surface area contributed by atoms with Gasteiger partial charge in [-0.15, -0.1) is 0 Å². The van der Waals surface area contributed by atoms with Crippen LogP contribution in [0.5, 0.6) is 0 Å². The van der Waals surface area contributed by atoms with Gasteiger partial charge in [0.15, 0.2) is 0 Å². The highest BCUT2D eigenvalue weighted by Crippen LogP contribution is 2.25. The van der Waals surface area contributed by atoms with Crippen molar-refractivity contribution in [2.45, 2.75) is 13.5 Å². The second-order valence-electron chi connectivity index (χ2n) is 6.83. The van der Waals surface area contributed by atoms with E-state index in [2.05, 4.69) is 11.1 Å². The molecule has 0 aliphatic carbocycles. The topological polar surface area (TPSA) is 98.9 Å². The molecule has 3 aromatic carbocycles. The van der Waals surface area contributed by atoms with Crippen molar-refractivity contribution >= 4 is 17.0 Å². The number of carboxylic acid groups (broad SMARTS) is 1. The van der Waals surface area contributed by atoms with Gasteiger partial charge >= 0.3 is 11.7 Å². The van der Waals surface area contributed by atoms with E-state index in [1.807, 2.05) is 49.4 Å². The van der Waals surface area contributed by atoms with Crippen molar-refractivity contribution in [2.75, 3.05) is 0 Å². The Kier molecular flexibility index (Phi) is 4.49. The van der Waals surface area contributed by atoms with E-state index < -0.39 is 5.97 Å². The van der Waals surface area contributed by atoms with Crippen molar-refractivity contribution in [3.05, 3.63) is 93.4 Å². The summed E-state index contributed by atoms with van der Waals surface area (Å²) >= 11 is 0. The quantitative estimate of drug-likeness (QED) is 0.558. The van der Waals surface area contributed by atoms with Crippen LogP contribution in [-0.2, 0) is 6.54 Å². The van der Waals surface area contributed by atoms with E-state index in [-0.39, 0.29) is 11.3 Å². The molecule has 0 saturated carbocycles. The number of aromatic amines is 1. The molecule has 0 aliphatic heterocycles. The highest BCUT2D eigenvalue weighted by Gasteiger charge is 2.17. The minimum atomic E-state index is -1.08. The molecule has 0 amide bonds. The fourth-order valence-electron chi connectivity index (χ4n) is 3.58. The van der Waals surface area contributed by atoms with Crippen molar-refractivity contribution in [3.63, 3.8) is 0 Å². The standard InChI is InChI=1S/C23H17N3O3/c1-14-6-11-19(22(27)28)20-21(14)26(23(29)25-20)13-15-7-9-16(10-8-15)18-5-3-2-4-17(18)12-24/h2-11H,13H2,1H3,(H,25,29)(H,27,28). The molecule has 0 spiro atoms. The van der Waals surface area contributed by atoms with Gasteiger partial charge in [-0.05, 0) is 41.3 Å². The van der Waals surface area contributed by atoms with Crippen LogP contribution < -0.4 is 5.69 Å². The maximum atomic E-state index is 12.5. The smallest absolute Gasteiger partial charge is 0.337 e. The van der Waals surface area contributed by atoms with E-state index in [1.165, 1.54) is 6.07 Å². The van der Waals surface area contributed by atoms with E-state index in [0.29, 0.717) is 23.1 Å². The SMILES string of the molecule is Cc1ccc(C(=O)O)c2[nH]c(=O)n(Cc3ccc(-c4ccccc4C#N)cc3)c12. The summed E-state index contributed by atoms with van der Waals surface area (Å²) in [6.07, 6.45) is 0. The van der Waals surface area contributed by atoms with Gasteiger partial charge in [-0.3, -0.25) is 4.57 Å². The Morgan fingerprint density at radius 2 is 1.83 bits per heavy atom. The molecular formula is C23H17N3O3. The summed E-state index contributed by atoms with van der Waals surface area (Å²) in [7, 11) is 0. The Bertz CT molecular complexity index is 1340. The number of nitriles is 1. The van der Waals surface area contributed by atoms with Crippen LogP contribution in [0.3, 0.4) is 0 Å². The number of hydrogen-bond donors (Lipinski definition) is 2. The van der Waals surface area contributed by atoms with Gasteiger partial charge < -0.3 is 10.1 Å². The van der Waals surface area contributed by atoms with Gasteiger partial charge in [0.1, 0.15) is 0 Å². The van der Waals surface area contributed by atoms with E-state index in [0.717, 1.165) is 22.3 Å². The second-order valence-corrected chi connectivity index (χ2v) is 6.83. The van der Waals surface area contributed by atoms with E-state index in [1.54, 1.807) is 16.7 Å². The van der Waals surface area contributed by atoms with Crippen LogP contribution in [0.4, 0.5) is 0 Å². The van der Waals surface area contributed by atoms with Gasteiger partial charge in [-0.25, -0.2) is 9.59 Å². The summed E-state index contributed by atoms with van der Waals surface area (Å²) in [6.45, 7) is 2.16. The molecule has 0 bridgehead atoms. The summed E-state index contributed by atoms with van der Waals surface area (Å²) in [6, 6.07) is 20.4. The molecule has 0 fully saturated rings. The largest absolute Gasteiger partial charge is 0.478 e. The lowest BCUT2D eigenvalue weighted by atomic mass is 9.99. The number of benzene rings is 3. The molecule has 1 heterocycles. The number of imidazole rings is 1. The molecule has 0 aliphatic rings. The molecule has 142 valence electrons. The average Bonchev–Trinajstić information content (AvgIpc) is 3.05. The van der Waals surface area contributed by atoms with Crippen LogP contribution in [0.1, 0.15) is 27.0 Å². The van der Waals surface area contributed by atoms with E-state index >= 15 is 0 Å². The van der Waals surface area contributed by atoms with Gasteiger partial charge in [0.05, 0.1) is 34.8 Å². The molecule has 0 atom stereocenters. The van der Waals surface area contributed by atoms with Crippen LogP contribution >= 0.6 is 0 Å². The number of H-pyrrole nitrogens is 1. The first kappa shape index (κ1) is 18.3. The van der Waals surface area contributed by atoms with Gasteiger partial charge in [-0.1, -0.05) is 48.5 Å². The van der Waals surface area contributed by atoms with Crippen LogP contribution in [0.25, 0.3) is 22.2 Å².